The van der Waals surface area contributed by atoms with Crippen LogP contribution in [0.3, 0.4) is 0 Å². The molecule has 2 fully saturated rings. The van der Waals surface area contributed by atoms with Crippen molar-refractivity contribution in [1.29, 1.82) is 0 Å². The van der Waals surface area contributed by atoms with Crippen LogP contribution >= 0.6 is 0 Å². The van der Waals surface area contributed by atoms with Gasteiger partial charge in [0.15, 0.2) is 0 Å². The van der Waals surface area contributed by atoms with Gasteiger partial charge >= 0.3 is 0 Å². The van der Waals surface area contributed by atoms with E-state index in [1.54, 1.807) is 17.0 Å². The largest absolute Gasteiger partial charge is 0.367 e. The van der Waals surface area contributed by atoms with E-state index in [1.807, 2.05) is 0 Å². The number of hydrogen-bond acceptors (Lipinski definition) is 4. The fraction of sp³-hybridized carbons (Fsp3) is 0.611. The number of likely N-dealkylation sites (N-methyl/N-ethyl adjacent to an activating group) is 1. The standard InChI is InChI=1S/C18H27FN4O/c1-3-21-8-10-22(11-9-21)17-5-4-15(12-16(17)19)18(24)23-7-6-20-14(2)13-23/h4-5,12,14,20H,3,6-11,13H2,1-2H3/t14-/m0/s1. The van der Waals surface area contributed by atoms with Crippen molar-refractivity contribution in [2.75, 3.05) is 57.3 Å². The maximum absolute atomic E-state index is 14.6. The molecule has 5 nitrogen and oxygen atoms in total. The molecule has 1 aromatic carbocycles. The molecule has 24 heavy (non-hydrogen) atoms. The van der Waals surface area contributed by atoms with Crippen LogP contribution in [0.2, 0.25) is 0 Å². The molecule has 0 saturated carbocycles. The Morgan fingerprint density at radius 1 is 1.25 bits per heavy atom. The lowest BCUT2D eigenvalue weighted by Gasteiger charge is -2.36. The van der Waals surface area contributed by atoms with E-state index in [1.165, 1.54) is 6.07 Å². The van der Waals surface area contributed by atoms with E-state index in [4.69, 9.17) is 0 Å². The van der Waals surface area contributed by atoms with Gasteiger partial charge in [0.05, 0.1) is 5.69 Å². The van der Waals surface area contributed by atoms with Crippen molar-refractivity contribution in [3.8, 4) is 0 Å². The van der Waals surface area contributed by atoms with Crippen LogP contribution in [0.4, 0.5) is 10.1 Å². The van der Waals surface area contributed by atoms with Crippen molar-refractivity contribution in [2.24, 2.45) is 0 Å². The minimum absolute atomic E-state index is 0.0791. The first-order valence-electron chi connectivity index (χ1n) is 8.88. The SMILES string of the molecule is CCN1CCN(c2ccc(C(=O)N3CCN[C@@H](C)C3)cc2F)CC1. The summed E-state index contributed by atoms with van der Waals surface area (Å²) in [5.74, 6) is -0.376. The molecule has 1 aromatic rings. The highest BCUT2D eigenvalue weighted by Crippen LogP contribution is 2.23. The lowest BCUT2D eigenvalue weighted by atomic mass is 10.1. The van der Waals surface area contributed by atoms with E-state index >= 15 is 0 Å². The minimum atomic E-state index is -0.297. The first kappa shape index (κ1) is 17.2. The number of hydrogen-bond donors (Lipinski definition) is 1. The summed E-state index contributed by atoms with van der Waals surface area (Å²) >= 11 is 0. The van der Waals surface area contributed by atoms with Crippen LogP contribution in [-0.4, -0.2) is 74.1 Å². The molecular weight excluding hydrogens is 307 g/mol. The third-order valence-electron chi connectivity index (χ3n) is 5.01. The third-order valence-corrected chi connectivity index (χ3v) is 5.01. The van der Waals surface area contributed by atoms with E-state index in [-0.39, 0.29) is 17.8 Å². The van der Waals surface area contributed by atoms with Crippen LogP contribution in [0.25, 0.3) is 0 Å². The summed E-state index contributed by atoms with van der Waals surface area (Å²) in [6.07, 6.45) is 0. The van der Waals surface area contributed by atoms with E-state index in [2.05, 4.69) is 29.0 Å². The second kappa shape index (κ2) is 7.49. The minimum Gasteiger partial charge on any atom is -0.367 e. The maximum Gasteiger partial charge on any atom is 0.254 e. The predicted octanol–water partition coefficient (Wildman–Crippen LogP) is 1.40. The van der Waals surface area contributed by atoms with Gasteiger partial charge in [-0.05, 0) is 31.7 Å². The molecule has 1 N–H and O–H groups in total. The molecule has 0 aromatic heterocycles. The number of piperazine rings is 2. The Kier molecular flexibility index (Phi) is 5.36. The van der Waals surface area contributed by atoms with Gasteiger partial charge in [0.1, 0.15) is 5.82 Å². The molecule has 0 radical (unpaired) electrons. The van der Waals surface area contributed by atoms with Gasteiger partial charge in [-0.15, -0.1) is 0 Å². The molecule has 3 rings (SSSR count). The monoisotopic (exact) mass is 334 g/mol. The highest BCUT2D eigenvalue weighted by Gasteiger charge is 2.24. The Morgan fingerprint density at radius 3 is 2.62 bits per heavy atom. The number of nitrogens with one attached hydrogen (secondary N) is 1. The topological polar surface area (TPSA) is 38.8 Å². The Morgan fingerprint density at radius 2 is 2.00 bits per heavy atom. The average Bonchev–Trinajstić information content (AvgIpc) is 2.61. The van der Waals surface area contributed by atoms with Crippen molar-refractivity contribution in [2.45, 2.75) is 19.9 Å². The number of benzene rings is 1. The molecule has 132 valence electrons. The number of halogens is 1. The van der Waals surface area contributed by atoms with Gasteiger partial charge in [-0.2, -0.15) is 0 Å². The zero-order valence-corrected chi connectivity index (χ0v) is 14.6. The molecule has 2 aliphatic rings. The number of anilines is 1. The van der Waals surface area contributed by atoms with Crippen LogP contribution in [-0.2, 0) is 0 Å². The van der Waals surface area contributed by atoms with Gasteiger partial charge in [0, 0.05) is 57.4 Å². The van der Waals surface area contributed by atoms with Gasteiger partial charge in [0.25, 0.3) is 5.91 Å². The van der Waals surface area contributed by atoms with Gasteiger partial charge in [-0.3, -0.25) is 4.79 Å². The quantitative estimate of drug-likeness (QED) is 0.907. The molecule has 2 saturated heterocycles. The molecule has 0 bridgehead atoms. The summed E-state index contributed by atoms with van der Waals surface area (Å²) < 4.78 is 14.6. The Balaban J connectivity index is 1.69. The zero-order valence-electron chi connectivity index (χ0n) is 14.6. The predicted molar refractivity (Wildman–Crippen MR) is 94.1 cm³/mol. The molecule has 0 spiro atoms. The Hall–Kier alpha value is -1.66. The molecular formula is C18H27FN4O. The van der Waals surface area contributed by atoms with Crippen LogP contribution in [0.5, 0.6) is 0 Å². The first-order chi connectivity index (χ1) is 11.6. The maximum atomic E-state index is 14.6. The Labute approximate surface area is 143 Å². The molecule has 1 atom stereocenters. The van der Waals surface area contributed by atoms with E-state index in [9.17, 15) is 9.18 Å². The summed E-state index contributed by atoms with van der Waals surface area (Å²) in [5.41, 5.74) is 1.05. The highest BCUT2D eigenvalue weighted by atomic mass is 19.1. The first-order valence-corrected chi connectivity index (χ1v) is 8.88. The summed E-state index contributed by atoms with van der Waals surface area (Å²) in [5, 5.41) is 3.31. The second-order valence-corrected chi connectivity index (χ2v) is 6.69. The molecule has 2 aliphatic heterocycles. The molecule has 6 heteroatoms. The fourth-order valence-electron chi connectivity index (χ4n) is 3.50. The lowest BCUT2D eigenvalue weighted by Crippen LogP contribution is -2.51. The summed E-state index contributed by atoms with van der Waals surface area (Å²) in [6, 6.07) is 5.20. The zero-order chi connectivity index (χ0) is 17.1. The van der Waals surface area contributed by atoms with Crippen molar-refractivity contribution in [3.05, 3.63) is 29.6 Å². The second-order valence-electron chi connectivity index (χ2n) is 6.69. The number of amides is 1. The van der Waals surface area contributed by atoms with Crippen LogP contribution in [0.1, 0.15) is 24.2 Å². The summed E-state index contributed by atoms with van der Waals surface area (Å²) in [6.45, 7) is 10.9. The van der Waals surface area contributed by atoms with Gasteiger partial charge in [-0.1, -0.05) is 6.92 Å². The van der Waals surface area contributed by atoms with Gasteiger partial charge < -0.3 is 20.0 Å². The number of rotatable bonds is 3. The van der Waals surface area contributed by atoms with Crippen molar-refractivity contribution < 1.29 is 9.18 Å². The number of nitrogens with zero attached hydrogens (tertiary/aromatic N) is 3. The van der Waals surface area contributed by atoms with Crippen molar-refractivity contribution >= 4 is 11.6 Å². The van der Waals surface area contributed by atoms with Crippen LogP contribution in [0.15, 0.2) is 18.2 Å². The van der Waals surface area contributed by atoms with Crippen LogP contribution < -0.4 is 10.2 Å². The molecule has 2 heterocycles. The van der Waals surface area contributed by atoms with E-state index in [0.717, 1.165) is 39.3 Å². The lowest BCUT2D eigenvalue weighted by molar-refractivity contribution is 0.0708. The van der Waals surface area contributed by atoms with E-state index in [0.29, 0.717) is 24.3 Å². The highest BCUT2D eigenvalue weighted by molar-refractivity contribution is 5.94. The normalized spacial score (nSPS) is 22.7. The van der Waals surface area contributed by atoms with Crippen molar-refractivity contribution in [1.82, 2.24) is 15.1 Å². The van der Waals surface area contributed by atoms with E-state index < -0.39 is 0 Å². The van der Waals surface area contributed by atoms with Gasteiger partial charge in [0.2, 0.25) is 0 Å². The summed E-state index contributed by atoms with van der Waals surface area (Å²) in [7, 11) is 0. The smallest absolute Gasteiger partial charge is 0.254 e. The molecule has 0 aliphatic carbocycles. The Bertz CT molecular complexity index is 586. The fourth-order valence-corrected chi connectivity index (χ4v) is 3.50. The number of carbonyl (C=O) groups is 1. The van der Waals surface area contributed by atoms with Gasteiger partial charge in [-0.25, -0.2) is 4.39 Å². The van der Waals surface area contributed by atoms with Crippen molar-refractivity contribution in [3.63, 3.8) is 0 Å². The average molecular weight is 334 g/mol. The summed E-state index contributed by atoms with van der Waals surface area (Å²) in [4.78, 5) is 18.8. The molecule has 1 amide bonds. The molecule has 0 unspecified atom stereocenters. The third kappa shape index (κ3) is 3.70. The van der Waals surface area contributed by atoms with Crippen LogP contribution in [0, 0.1) is 5.82 Å². The number of carbonyl (C=O) groups excluding carboxylic acids is 1.